The quantitative estimate of drug-likeness (QED) is 0.584. The Morgan fingerprint density at radius 2 is 1.61 bits per heavy atom. The van der Waals surface area contributed by atoms with E-state index in [1.54, 1.807) is 12.1 Å². The molecule has 92 valence electrons. The van der Waals surface area contributed by atoms with Crippen molar-refractivity contribution in [2.24, 2.45) is 0 Å². The van der Waals surface area contributed by atoms with E-state index in [9.17, 15) is 0 Å². The summed E-state index contributed by atoms with van der Waals surface area (Å²) in [5.41, 5.74) is 1.87. The van der Waals surface area contributed by atoms with Crippen molar-refractivity contribution in [2.75, 3.05) is 0 Å². The Balaban J connectivity index is 1.83. The second kappa shape index (κ2) is 6.33. The first-order chi connectivity index (χ1) is 8.75. The van der Waals surface area contributed by atoms with Gasteiger partial charge in [0, 0.05) is 18.6 Å². The minimum atomic E-state index is -1.39. The lowest BCUT2D eigenvalue weighted by atomic mass is 9.81. The SMILES string of the molecule is OB(O)c1cc[n+](CCCc2ccccc2)cc1. The average molecular weight is 242 g/mol. The highest BCUT2D eigenvalue weighted by Crippen LogP contribution is 2.01. The molecule has 0 saturated carbocycles. The summed E-state index contributed by atoms with van der Waals surface area (Å²) < 4.78 is 2.05. The molecule has 2 rings (SSSR count). The largest absolute Gasteiger partial charge is 0.488 e. The standard InChI is InChI=1S/C14H17BNO2/c17-15(18)14-8-11-16(12-9-14)10-4-7-13-5-2-1-3-6-13/h1-3,5-6,8-9,11-12,17-18H,4,7,10H2/q+1. The van der Waals surface area contributed by atoms with Crippen LogP contribution in [-0.2, 0) is 13.0 Å². The monoisotopic (exact) mass is 242 g/mol. The second-order valence-corrected chi connectivity index (χ2v) is 4.33. The number of hydrogen-bond donors (Lipinski definition) is 2. The minimum Gasteiger partial charge on any atom is -0.423 e. The molecule has 0 aliphatic carbocycles. The maximum Gasteiger partial charge on any atom is 0.488 e. The second-order valence-electron chi connectivity index (χ2n) is 4.33. The van der Waals surface area contributed by atoms with Crippen molar-refractivity contribution in [1.82, 2.24) is 0 Å². The van der Waals surface area contributed by atoms with Gasteiger partial charge in [-0.2, -0.15) is 0 Å². The van der Waals surface area contributed by atoms with Gasteiger partial charge in [0.2, 0.25) is 0 Å². The molecule has 0 aliphatic rings. The fraction of sp³-hybridized carbons (Fsp3) is 0.214. The molecule has 0 unspecified atom stereocenters. The van der Waals surface area contributed by atoms with Gasteiger partial charge < -0.3 is 10.0 Å². The summed E-state index contributed by atoms with van der Waals surface area (Å²) in [6, 6.07) is 13.9. The molecule has 2 N–H and O–H groups in total. The first kappa shape index (κ1) is 12.8. The van der Waals surface area contributed by atoms with Gasteiger partial charge in [-0.15, -0.1) is 0 Å². The van der Waals surface area contributed by atoms with E-state index in [1.165, 1.54) is 5.56 Å². The number of nitrogens with zero attached hydrogens (tertiary/aromatic N) is 1. The molecular weight excluding hydrogens is 225 g/mol. The normalized spacial score (nSPS) is 10.3. The van der Waals surface area contributed by atoms with Gasteiger partial charge in [0.15, 0.2) is 12.4 Å². The molecule has 3 nitrogen and oxygen atoms in total. The Bertz CT molecular complexity index is 471. The van der Waals surface area contributed by atoms with E-state index in [2.05, 4.69) is 28.8 Å². The molecule has 0 spiro atoms. The van der Waals surface area contributed by atoms with Crippen molar-refractivity contribution in [3.05, 3.63) is 60.4 Å². The summed E-state index contributed by atoms with van der Waals surface area (Å²) in [6.07, 6.45) is 5.87. The lowest BCUT2D eigenvalue weighted by Crippen LogP contribution is -2.38. The lowest BCUT2D eigenvalue weighted by molar-refractivity contribution is -0.697. The van der Waals surface area contributed by atoms with Crippen LogP contribution in [0.4, 0.5) is 0 Å². The third-order valence-electron chi connectivity index (χ3n) is 2.94. The third-order valence-corrected chi connectivity index (χ3v) is 2.94. The molecule has 1 heterocycles. The molecule has 0 saturated heterocycles. The van der Waals surface area contributed by atoms with E-state index >= 15 is 0 Å². The van der Waals surface area contributed by atoms with Crippen LogP contribution in [0.3, 0.4) is 0 Å². The summed E-state index contributed by atoms with van der Waals surface area (Å²) in [7, 11) is -1.39. The zero-order valence-corrected chi connectivity index (χ0v) is 10.2. The van der Waals surface area contributed by atoms with Gasteiger partial charge in [-0.3, -0.25) is 0 Å². The fourth-order valence-corrected chi connectivity index (χ4v) is 1.90. The van der Waals surface area contributed by atoms with Gasteiger partial charge in [0.1, 0.15) is 6.54 Å². The summed E-state index contributed by atoms with van der Waals surface area (Å²) in [5.74, 6) is 0. The van der Waals surface area contributed by atoms with Crippen molar-refractivity contribution in [2.45, 2.75) is 19.4 Å². The first-order valence-electron chi connectivity index (χ1n) is 6.15. The highest BCUT2D eigenvalue weighted by atomic mass is 16.4. The van der Waals surface area contributed by atoms with Crippen LogP contribution in [0.25, 0.3) is 0 Å². The number of hydrogen-bond acceptors (Lipinski definition) is 2. The van der Waals surface area contributed by atoms with Gasteiger partial charge in [-0.05, 0) is 17.4 Å². The number of benzene rings is 1. The zero-order chi connectivity index (χ0) is 12.8. The smallest absolute Gasteiger partial charge is 0.423 e. The van der Waals surface area contributed by atoms with Crippen LogP contribution < -0.4 is 10.0 Å². The molecule has 18 heavy (non-hydrogen) atoms. The van der Waals surface area contributed by atoms with Crippen molar-refractivity contribution in [3.8, 4) is 0 Å². The van der Waals surface area contributed by atoms with E-state index in [4.69, 9.17) is 10.0 Å². The number of aromatic nitrogens is 1. The van der Waals surface area contributed by atoms with E-state index < -0.39 is 7.12 Å². The first-order valence-corrected chi connectivity index (χ1v) is 6.15. The van der Waals surface area contributed by atoms with Crippen molar-refractivity contribution in [1.29, 1.82) is 0 Å². The molecule has 0 fully saturated rings. The Kier molecular flexibility index (Phi) is 4.50. The maximum atomic E-state index is 8.99. The van der Waals surface area contributed by atoms with Crippen LogP contribution in [0.1, 0.15) is 12.0 Å². The topological polar surface area (TPSA) is 44.3 Å². The van der Waals surface area contributed by atoms with E-state index in [0.29, 0.717) is 5.46 Å². The van der Waals surface area contributed by atoms with Crippen molar-refractivity contribution >= 4 is 12.6 Å². The number of rotatable bonds is 5. The molecule has 0 bridgehead atoms. The van der Waals surface area contributed by atoms with Crippen LogP contribution in [0.5, 0.6) is 0 Å². The third kappa shape index (κ3) is 3.69. The Hall–Kier alpha value is -1.65. The summed E-state index contributed by atoms with van der Waals surface area (Å²) in [6.45, 7) is 0.927. The molecule has 0 radical (unpaired) electrons. The zero-order valence-electron chi connectivity index (χ0n) is 10.2. The molecule has 0 amide bonds. The van der Waals surface area contributed by atoms with Crippen LogP contribution >= 0.6 is 0 Å². The van der Waals surface area contributed by atoms with E-state index in [-0.39, 0.29) is 0 Å². The predicted octanol–water partition coefficient (Wildman–Crippen LogP) is 0.287. The van der Waals surface area contributed by atoms with Crippen LogP contribution in [0.15, 0.2) is 54.9 Å². The Morgan fingerprint density at radius 3 is 2.22 bits per heavy atom. The molecule has 4 heteroatoms. The fourth-order valence-electron chi connectivity index (χ4n) is 1.90. The van der Waals surface area contributed by atoms with Gasteiger partial charge >= 0.3 is 7.12 Å². The molecule has 0 aliphatic heterocycles. The Labute approximate surface area is 107 Å². The highest BCUT2D eigenvalue weighted by Gasteiger charge is 2.11. The van der Waals surface area contributed by atoms with Crippen molar-refractivity contribution in [3.63, 3.8) is 0 Å². The highest BCUT2D eigenvalue weighted by molar-refractivity contribution is 6.58. The molecule has 1 aromatic heterocycles. The van der Waals surface area contributed by atoms with Gasteiger partial charge in [-0.1, -0.05) is 30.3 Å². The molecule has 1 aromatic carbocycles. The summed E-state index contributed by atoms with van der Waals surface area (Å²) >= 11 is 0. The van der Waals surface area contributed by atoms with E-state index in [0.717, 1.165) is 19.4 Å². The average Bonchev–Trinajstić information content (AvgIpc) is 2.40. The predicted molar refractivity (Wildman–Crippen MR) is 71.2 cm³/mol. The minimum absolute atomic E-state index is 0.523. The maximum absolute atomic E-state index is 8.99. The van der Waals surface area contributed by atoms with Crippen molar-refractivity contribution < 1.29 is 14.6 Å². The molecule has 2 aromatic rings. The van der Waals surface area contributed by atoms with Crippen LogP contribution in [0.2, 0.25) is 0 Å². The molecular formula is C14H17BNO2+. The van der Waals surface area contributed by atoms with Crippen LogP contribution in [0, 0.1) is 0 Å². The van der Waals surface area contributed by atoms with Gasteiger partial charge in [-0.25, -0.2) is 4.57 Å². The van der Waals surface area contributed by atoms with Crippen LogP contribution in [-0.4, -0.2) is 17.2 Å². The van der Waals surface area contributed by atoms with E-state index in [1.807, 2.05) is 18.5 Å². The summed E-state index contributed by atoms with van der Waals surface area (Å²) in [4.78, 5) is 0. The molecule has 0 atom stereocenters. The van der Waals surface area contributed by atoms with Gasteiger partial charge in [0.05, 0.1) is 0 Å². The number of aryl methyl sites for hydroxylation is 2. The van der Waals surface area contributed by atoms with Gasteiger partial charge in [0.25, 0.3) is 0 Å². The summed E-state index contributed by atoms with van der Waals surface area (Å²) in [5, 5.41) is 18.0. The lowest BCUT2D eigenvalue weighted by Gasteiger charge is -2.00. The number of pyridine rings is 1. The Morgan fingerprint density at radius 1 is 0.944 bits per heavy atom.